The number of ketones is 1. The molecule has 0 unspecified atom stereocenters. The average molecular weight is 310 g/mol. The van der Waals surface area contributed by atoms with Crippen LogP contribution in [0.3, 0.4) is 0 Å². The highest BCUT2D eigenvalue weighted by Gasteiger charge is 2.24. The van der Waals surface area contributed by atoms with Crippen molar-refractivity contribution in [2.75, 3.05) is 24.7 Å². The molecule has 3 N–H and O–H groups in total. The molecule has 0 amide bonds. The first kappa shape index (κ1) is 15.0. The normalized spacial score (nSPS) is 10.4. The fraction of sp³-hybridized carbons (Fsp3) is 0.333. The first-order valence-electron chi connectivity index (χ1n) is 6.05. The van der Waals surface area contributed by atoms with Crippen LogP contribution in [0.4, 0.5) is 10.7 Å². The molecule has 0 atom stereocenters. The number of thiophene rings is 1. The molecule has 2 heterocycles. The van der Waals surface area contributed by atoms with E-state index in [1.165, 1.54) is 20.4 Å². The van der Waals surface area contributed by atoms with Crippen LogP contribution in [-0.4, -0.2) is 35.5 Å². The second-order valence-corrected chi connectivity index (χ2v) is 5.14. The van der Waals surface area contributed by atoms with Crippen LogP contribution in [0.25, 0.3) is 0 Å². The van der Waals surface area contributed by atoms with Gasteiger partial charge in [0, 0.05) is 19.9 Å². The number of ether oxygens (including phenoxy) is 1. The van der Waals surface area contributed by atoms with Crippen LogP contribution in [0, 0.1) is 0 Å². The standard InChI is InChI=1S/C12H14N4O4S/c1-6(17)10-9(13)8(12(18)19-2)11(21-10)14-4-3-7-15-5-20-16-7/h5,14H,3-4,13H2,1-2H3. The van der Waals surface area contributed by atoms with Crippen molar-refractivity contribution in [2.45, 2.75) is 13.3 Å². The number of Topliss-reactive ketones (excluding diaryl/α,β-unsaturated/α-hetero) is 1. The SMILES string of the molecule is COC(=O)c1c(NCCc2ncon2)sc(C(C)=O)c1N. The Morgan fingerprint density at radius 1 is 1.52 bits per heavy atom. The first-order chi connectivity index (χ1) is 10.0. The number of rotatable bonds is 6. The predicted octanol–water partition coefficient (Wildman–Crippen LogP) is 1.36. The van der Waals surface area contributed by atoms with Gasteiger partial charge in [0.15, 0.2) is 11.6 Å². The fourth-order valence-corrected chi connectivity index (χ4v) is 2.75. The van der Waals surface area contributed by atoms with Crippen molar-refractivity contribution >= 4 is 33.8 Å². The summed E-state index contributed by atoms with van der Waals surface area (Å²) < 4.78 is 9.33. The minimum absolute atomic E-state index is 0.140. The second-order valence-electron chi connectivity index (χ2n) is 4.12. The van der Waals surface area contributed by atoms with Crippen LogP contribution < -0.4 is 11.1 Å². The minimum atomic E-state index is -0.585. The summed E-state index contributed by atoms with van der Waals surface area (Å²) in [6.07, 6.45) is 1.75. The molecule has 0 aliphatic rings. The zero-order valence-electron chi connectivity index (χ0n) is 11.5. The molecule has 2 aromatic rings. The lowest BCUT2D eigenvalue weighted by molar-refractivity contribution is 0.0603. The quantitative estimate of drug-likeness (QED) is 0.606. The van der Waals surface area contributed by atoms with Gasteiger partial charge in [0.1, 0.15) is 10.6 Å². The zero-order chi connectivity index (χ0) is 15.4. The third-order valence-corrected chi connectivity index (χ3v) is 3.96. The first-order valence-corrected chi connectivity index (χ1v) is 6.86. The second kappa shape index (κ2) is 6.35. The van der Waals surface area contributed by atoms with Crippen LogP contribution in [0.15, 0.2) is 10.9 Å². The summed E-state index contributed by atoms with van der Waals surface area (Å²) in [6, 6.07) is 0. The van der Waals surface area contributed by atoms with E-state index in [-0.39, 0.29) is 17.0 Å². The van der Waals surface area contributed by atoms with Crippen LogP contribution in [0.5, 0.6) is 0 Å². The van der Waals surface area contributed by atoms with Crippen molar-refractivity contribution in [2.24, 2.45) is 0 Å². The van der Waals surface area contributed by atoms with Gasteiger partial charge in [0.2, 0.25) is 6.39 Å². The van der Waals surface area contributed by atoms with Crippen LogP contribution in [0.1, 0.15) is 32.8 Å². The molecule has 0 fully saturated rings. The molecule has 0 bridgehead atoms. The van der Waals surface area contributed by atoms with Crippen molar-refractivity contribution in [1.82, 2.24) is 10.1 Å². The van der Waals surface area contributed by atoms with E-state index in [9.17, 15) is 9.59 Å². The predicted molar refractivity (Wildman–Crippen MR) is 76.6 cm³/mol. The van der Waals surface area contributed by atoms with Crippen molar-refractivity contribution in [3.8, 4) is 0 Å². The molecule has 112 valence electrons. The Kier molecular flexibility index (Phi) is 4.53. The Morgan fingerprint density at radius 2 is 2.29 bits per heavy atom. The average Bonchev–Trinajstić information content (AvgIpc) is 3.06. The molecule has 9 heteroatoms. The van der Waals surface area contributed by atoms with Crippen LogP contribution in [0.2, 0.25) is 0 Å². The van der Waals surface area contributed by atoms with Gasteiger partial charge in [-0.2, -0.15) is 4.98 Å². The molecular weight excluding hydrogens is 296 g/mol. The number of hydrogen-bond donors (Lipinski definition) is 2. The van der Waals surface area contributed by atoms with Gasteiger partial charge >= 0.3 is 5.97 Å². The highest BCUT2D eigenvalue weighted by Crippen LogP contribution is 2.36. The van der Waals surface area contributed by atoms with E-state index in [0.717, 1.165) is 11.3 Å². The van der Waals surface area contributed by atoms with E-state index in [4.69, 9.17) is 10.5 Å². The number of carbonyl (C=O) groups is 2. The Balaban J connectivity index is 2.18. The number of nitrogen functional groups attached to an aromatic ring is 1. The summed E-state index contributed by atoms with van der Waals surface area (Å²) in [4.78, 5) is 27.5. The van der Waals surface area contributed by atoms with E-state index in [1.54, 1.807) is 0 Å². The summed E-state index contributed by atoms with van der Waals surface area (Å²) in [5, 5.41) is 7.22. The third-order valence-electron chi connectivity index (χ3n) is 2.70. The third kappa shape index (κ3) is 3.19. The summed E-state index contributed by atoms with van der Waals surface area (Å²) in [7, 11) is 1.26. The lowest BCUT2D eigenvalue weighted by atomic mass is 10.2. The highest BCUT2D eigenvalue weighted by atomic mass is 32.1. The van der Waals surface area contributed by atoms with Gasteiger partial charge in [0.05, 0.1) is 17.7 Å². The summed E-state index contributed by atoms with van der Waals surface area (Å²) in [5.74, 6) is -0.245. The number of carbonyl (C=O) groups excluding carboxylic acids is 2. The van der Waals surface area contributed by atoms with E-state index >= 15 is 0 Å². The minimum Gasteiger partial charge on any atom is -0.465 e. The topological polar surface area (TPSA) is 120 Å². The van der Waals surface area contributed by atoms with Gasteiger partial charge in [0.25, 0.3) is 0 Å². The van der Waals surface area contributed by atoms with Crippen molar-refractivity contribution in [3.05, 3.63) is 22.7 Å². The Labute approximate surface area is 124 Å². The van der Waals surface area contributed by atoms with Gasteiger partial charge < -0.3 is 20.3 Å². The molecule has 0 saturated carbocycles. The molecule has 0 radical (unpaired) electrons. The molecule has 0 aliphatic heterocycles. The Morgan fingerprint density at radius 3 is 2.86 bits per heavy atom. The molecule has 2 aromatic heterocycles. The number of anilines is 2. The Bertz CT molecular complexity index is 651. The summed E-state index contributed by atoms with van der Waals surface area (Å²) in [5.41, 5.74) is 6.18. The number of nitrogens with two attached hydrogens (primary N) is 1. The summed E-state index contributed by atoms with van der Waals surface area (Å²) >= 11 is 1.12. The van der Waals surface area contributed by atoms with E-state index in [2.05, 4.69) is 20.0 Å². The number of nitrogens with one attached hydrogen (secondary N) is 1. The number of methoxy groups -OCH3 is 1. The van der Waals surface area contributed by atoms with Crippen molar-refractivity contribution in [3.63, 3.8) is 0 Å². The smallest absolute Gasteiger partial charge is 0.343 e. The summed E-state index contributed by atoms with van der Waals surface area (Å²) in [6.45, 7) is 1.85. The fourth-order valence-electron chi connectivity index (χ4n) is 1.73. The molecule has 0 aliphatic carbocycles. The molecule has 2 rings (SSSR count). The number of aromatic nitrogens is 2. The largest absolute Gasteiger partial charge is 0.465 e. The van der Waals surface area contributed by atoms with Crippen LogP contribution in [-0.2, 0) is 11.2 Å². The molecule has 0 aromatic carbocycles. The lowest BCUT2D eigenvalue weighted by Crippen LogP contribution is -2.10. The van der Waals surface area contributed by atoms with Gasteiger partial charge in [-0.15, -0.1) is 11.3 Å². The maximum absolute atomic E-state index is 11.8. The number of hydrogen-bond acceptors (Lipinski definition) is 9. The highest BCUT2D eigenvalue weighted by molar-refractivity contribution is 7.19. The van der Waals surface area contributed by atoms with Crippen LogP contribution >= 0.6 is 11.3 Å². The molecule has 0 spiro atoms. The molecule has 8 nitrogen and oxygen atoms in total. The molecular formula is C12H14N4O4S. The zero-order valence-corrected chi connectivity index (χ0v) is 12.3. The van der Waals surface area contributed by atoms with Gasteiger partial charge in [-0.05, 0) is 0 Å². The van der Waals surface area contributed by atoms with Gasteiger partial charge in [-0.25, -0.2) is 4.79 Å². The molecule has 0 saturated heterocycles. The van der Waals surface area contributed by atoms with Crippen molar-refractivity contribution < 1.29 is 18.8 Å². The number of nitrogens with zero attached hydrogens (tertiary/aromatic N) is 2. The monoisotopic (exact) mass is 310 g/mol. The van der Waals surface area contributed by atoms with Crippen molar-refractivity contribution in [1.29, 1.82) is 0 Å². The van der Waals surface area contributed by atoms with E-state index < -0.39 is 5.97 Å². The maximum atomic E-state index is 11.8. The van der Waals surface area contributed by atoms with Gasteiger partial charge in [-0.3, -0.25) is 4.79 Å². The Hall–Kier alpha value is -2.42. The molecule has 21 heavy (non-hydrogen) atoms. The maximum Gasteiger partial charge on any atom is 0.343 e. The van der Waals surface area contributed by atoms with Gasteiger partial charge in [-0.1, -0.05) is 5.16 Å². The van der Waals surface area contributed by atoms with E-state index in [0.29, 0.717) is 28.7 Å². The lowest BCUT2D eigenvalue weighted by Gasteiger charge is -2.05. The number of esters is 1. The van der Waals surface area contributed by atoms with E-state index in [1.807, 2.05) is 0 Å².